The number of carboxylic acid groups (broad SMARTS) is 1. The van der Waals surface area contributed by atoms with E-state index in [9.17, 15) is 9.59 Å². The summed E-state index contributed by atoms with van der Waals surface area (Å²) in [5, 5.41) is 12.2. The second-order valence-electron chi connectivity index (χ2n) is 4.65. The van der Waals surface area contributed by atoms with E-state index in [2.05, 4.69) is 10.3 Å². The molecule has 2 aromatic rings. The number of nitrogens with zero attached hydrogens (tertiary/aromatic N) is 1. The highest BCUT2D eigenvalue weighted by atomic mass is 32.1. The average Bonchev–Trinajstić information content (AvgIpc) is 2.82. The Morgan fingerprint density at radius 2 is 2.14 bits per heavy atom. The molecule has 0 aliphatic carbocycles. The van der Waals surface area contributed by atoms with Gasteiger partial charge < -0.3 is 15.2 Å². The fourth-order valence-electron chi connectivity index (χ4n) is 1.90. The van der Waals surface area contributed by atoms with Gasteiger partial charge in [0.1, 0.15) is 11.4 Å². The van der Waals surface area contributed by atoms with Crippen LogP contribution in [0.1, 0.15) is 25.9 Å². The van der Waals surface area contributed by atoms with Crippen LogP contribution >= 0.6 is 11.3 Å². The number of nitrogens with one attached hydrogen (secondary N) is 1. The third-order valence-electron chi connectivity index (χ3n) is 2.83. The summed E-state index contributed by atoms with van der Waals surface area (Å²) >= 11 is 1.48. The van der Waals surface area contributed by atoms with Crippen molar-refractivity contribution < 1.29 is 19.4 Å². The van der Waals surface area contributed by atoms with Gasteiger partial charge in [-0.3, -0.25) is 4.79 Å². The lowest BCUT2D eigenvalue weighted by Crippen LogP contribution is -2.23. The van der Waals surface area contributed by atoms with Crippen LogP contribution in [0.2, 0.25) is 0 Å². The molecule has 2 rings (SSSR count). The van der Waals surface area contributed by atoms with E-state index in [4.69, 9.17) is 9.84 Å². The summed E-state index contributed by atoms with van der Waals surface area (Å²) in [5.41, 5.74) is 1.27. The fourth-order valence-corrected chi connectivity index (χ4v) is 2.71. The summed E-state index contributed by atoms with van der Waals surface area (Å²) in [5.74, 6) is -0.804. The molecule has 1 aromatic carbocycles. The molecule has 0 bridgehead atoms. The van der Waals surface area contributed by atoms with Gasteiger partial charge in [-0.15, -0.1) is 11.3 Å². The second-order valence-corrected chi connectivity index (χ2v) is 6.06. The maximum atomic E-state index is 12.1. The van der Waals surface area contributed by atoms with Crippen molar-refractivity contribution in [3.63, 3.8) is 0 Å². The molecular formula is C15H16N2O4S. The highest BCUT2D eigenvalue weighted by molar-refractivity contribution is 7.11. The predicted octanol–water partition coefficient (Wildman–Crippen LogP) is 2.15. The molecule has 7 heteroatoms. The van der Waals surface area contributed by atoms with Gasteiger partial charge in [-0.1, -0.05) is 12.1 Å². The van der Waals surface area contributed by atoms with Gasteiger partial charge in [0.2, 0.25) is 0 Å². The number of aromatic nitrogens is 1. The molecule has 0 saturated heterocycles. The zero-order valence-electron chi connectivity index (χ0n) is 12.3. The average molecular weight is 320 g/mol. The molecule has 0 aliphatic rings. The van der Waals surface area contributed by atoms with E-state index < -0.39 is 12.6 Å². The number of thiazole rings is 1. The summed E-state index contributed by atoms with van der Waals surface area (Å²) in [7, 11) is 0. The number of benzene rings is 1. The molecule has 0 spiro atoms. The zero-order chi connectivity index (χ0) is 16.1. The first-order chi connectivity index (χ1) is 10.5. The highest BCUT2D eigenvalue weighted by Crippen LogP contribution is 2.17. The third-order valence-corrected chi connectivity index (χ3v) is 3.72. The second kappa shape index (κ2) is 7.04. The first-order valence-corrected chi connectivity index (χ1v) is 7.43. The first-order valence-electron chi connectivity index (χ1n) is 6.61. The van der Waals surface area contributed by atoms with Crippen molar-refractivity contribution in [1.29, 1.82) is 0 Å². The number of aliphatic carboxylic acids is 1. The van der Waals surface area contributed by atoms with E-state index in [1.165, 1.54) is 11.3 Å². The van der Waals surface area contributed by atoms with E-state index in [0.29, 0.717) is 18.0 Å². The molecule has 0 unspecified atom stereocenters. The normalized spacial score (nSPS) is 10.3. The third kappa shape index (κ3) is 4.29. The lowest BCUT2D eigenvalue weighted by atomic mass is 10.2. The maximum Gasteiger partial charge on any atom is 0.341 e. The van der Waals surface area contributed by atoms with Gasteiger partial charge in [-0.25, -0.2) is 9.78 Å². The van der Waals surface area contributed by atoms with Crippen molar-refractivity contribution in [1.82, 2.24) is 10.3 Å². The van der Waals surface area contributed by atoms with E-state index >= 15 is 0 Å². The topological polar surface area (TPSA) is 88.5 Å². The van der Waals surface area contributed by atoms with Crippen LogP contribution in [0.3, 0.4) is 0 Å². The smallest absolute Gasteiger partial charge is 0.341 e. The minimum absolute atomic E-state index is 0.223. The van der Waals surface area contributed by atoms with Crippen molar-refractivity contribution in [2.75, 3.05) is 6.61 Å². The molecule has 0 aliphatic heterocycles. The Morgan fingerprint density at radius 3 is 2.77 bits per heavy atom. The number of ether oxygens (including phenoxy) is 1. The minimum Gasteiger partial charge on any atom is -0.482 e. The summed E-state index contributed by atoms with van der Waals surface area (Å²) < 4.78 is 5.10. The van der Waals surface area contributed by atoms with Crippen LogP contribution in [-0.2, 0) is 11.3 Å². The van der Waals surface area contributed by atoms with Crippen LogP contribution in [0.4, 0.5) is 0 Å². The molecular weight excluding hydrogens is 304 g/mol. The van der Waals surface area contributed by atoms with Crippen molar-refractivity contribution in [2.24, 2.45) is 0 Å². The first kappa shape index (κ1) is 16.0. The molecule has 0 fully saturated rings. The number of carboxylic acids is 1. The van der Waals surface area contributed by atoms with E-state index in [-0.39, 0.29) is 5.91 Å². The van der Waals surface area contributed by atoms with E-state index in [1.807, 2.05) is 19.9 Å². The van der Waals surface area contributed by atoms with Gasteiger partial charge >= 0.3 is 5.97 Å². The number of aryl methyl sites for hydroxylation is 2. The van der Waals surface area contributed by atoms with Gasteiger partial charge in [0.15, 0.2) is 6.61 Å². The van der Waals surface area contributed by atoms with E-state index in [0.717, 1.165) is 15.4 Å². The summed E-state index contributed by atoms with van der Waals surface area (Å²) in [6.45, 7) is 3.64. The van der Waals surface area contributed by atoms with Gasteiger partial charge in [0.05, 0.1) is 5.01 Å². The lowest BCUT2D eigenvalue weighted by molar-refractivity contribution is -0.139. The largest absolute Gasteiger partial charge is 0.482 e. The van der Waals surface area contributed by atoms with Crippen LogP contribution in [0.15, 0.2) is 24.3 Å². The van der Waals surface area contributed by atoms with Crippen LogP contribution in [-0.4, -0.2) is 28.6 Å². The quantitative estimate of drug-likeness (QED) is 0.851. The van der Waals surface area contributed by atoms with Crippen LogP contribution in [0, 0.1) is 13.8 Å². The monoisotopic (exact) mass is 320 g/mol. The number of amides is 1. The van der Waals surface area contributed by atoms with Crippen LogP contribution < -0.4 is 10.1 Å². The molecule has 1 amide bonds. The Labute approximate surface area is 131 Å². The zero-order valence-corrected chi connectivity index (χ0v) is 13.1. The summed E-state index contributed by atoms with van der Waals surface area (Å²) in [6, 6.07) is 6.94. The summed E-state index contributed by atoms with van der Waals surface area (Å²) in [6.07, 6.45) is 0. The van der Waals surface area contributed by atoms with E-state index in [1.54, 1.807) is 18.2 Å². The Kier molecular flexibility index (Phi) is 5.11. The van der Waals surface area contributed by atoms with Gasteiger partial charge in [-0.05, 0) is 31.5 Å². The number of carbonyl (C=O) groups excluding carboxylic acids is 1. The van der Waals surface area contributed by atoms with Crippen LogP contribution in [0.25, 0.3) is 0 Å². The Morgan fingerprint density at radius 1 is 1.36 bits per heavy atom. The van der Waals surface area contributed by atoms with Gasteiger partial charge in [0.25, 0.3) is 5.91 Å². The molecule has 1 aromatic heterocycles. The highest BCUT2D eigenvalue weighted by Gasteiger charge is 2.13. The van der Waals surface area contributed by atoms with Crippen molar-refractivity contribution in [3.05, 3.63) is 45.4 Å². The maximum absolute atomic E-state index is 12.1. The Bertz CT molecular complexity index is 697. The molecule has 0 atom stereocenters. The SMILES string of the molecule is Cc1nc(C(=O)NCc2cccc(OCC(=O)O)c2)c(C)s1. The summed E-state index contributed by atoms with van der Waals surface area (Å²) in [4.78, 5) is 27.6. The van der Waals surface area contributed by atoms with Crippen molar-refractivity contribution in [3.8, 4) is 5.75 Å². The molecule has 0 radical (unpaired) electrons. The van der Waals surface area contributed by atoms with Crippen LogP contribution in [0.5, 0.6) is 5.75 Å². The molecule has 2 N–H and O–H groups in total. The van der Waals surface area contributed by atoms with Gasteiger partial charge in [0, 0.05) is 11.4 Å². The Balaban J connectivity index is 1.96. The predicted molar refractivity (Wildman–Crippen MR) is 82.3 cm³/mol. The molecule has 0 saturated carbocycles. The molecule has 22 heavy (non-hydrogen) atoms. The minimum atomic E-state index is -1.03. The fraction of sp³-hybridized carbons (Fsp3) is 0.267. The molecule has 6 nitrogen and oxygen atoms in total. The molecule has 116 valence electrons. The number of hydrogen-bond acceptors (Lipinski definition) is 5. The van der Waals surface area contributed by atoms with Gasteiger partial charge in [-0.2, -0.15) is 0 Å². The van der Waals surface area contributed by atoms with Crippen molar-refractivity contribution in [2.45, 2.75) is 20.4 Å². The number of rotatable bonds is 6. The number of hydrogen-bond donors (Lipinski definition) is 2. The standard InChI is InChI=1S/C15H16N2O4S/c1-9-14(17-10(2)22-9)15(20)16-7-11-4-3-5-12(6-11)21-8-13(18)19/h3-6H,7-8H2,1-2H3,(H,16,20)(H,18,19). The lowest BCUT2D eigenvalue weighted by Gasteiger charge is -2.07. The Hall–Kier alpha value is -2.41. The molecule has 1 heterocycles. The number of carbonyl (C=O) groups is 2. The van der Waals surface area contributed by atoms with Crippen molar-refractivity contribution >= 4 is 23.2 Å².